The lowest BCUT2D eigenvalue weighted by atomic mass is 10.0. The van der Waals surface area contributed by atoms with Crippen LogP contribution in [0.1, 0.15) is 12.8 Å². The van der Waals surface area contributed by atoms with E-state index in [0.29, 0.717) is 27.3 Å². The first-order valence-corrected chi connectivity index (χ1v) is 7.37. The Morgan fingerprint density at radius 3 is 2.76 bits per heavy atom. The highest BCUT2D eigenvalue weighted by Crippen LogP contribution is 2.24. The van der Waals surface area contributed by atoms with Crippen molar-refractivity contribution in [2.45, 2.75) is 17.7 Å². The fraction of sp³-hybridized carbons (Fsp3) is 0.500. The number of nitrogen functional groups attached to an aromatic ring is 1. The minimum absolute atomic E-state index is 0.472. The van der Waals surface area contributed by atoms with E-state index in [2.05, 4.69) is 0 Å². The van der Waals surface area contributed by atoms with Gasteiger partial charge in [-0.3, -0.25) is 4.21 Å². The summed E-state index contributed by atoms with van der Waals surface area (Å²) >= 11 is 5.82. The van der Waals surface area contributed by atoms with Crippen molar-refractivity contribution >= 4 is 28.1 Å². The summed E-state index contributed by atoms with van der Waals surface area (Å²) in [4.78, 5) is 0.695. The van der Waals surface area contributed by atoms with Gasteiger partial charge in [0.1, 0.15) is 0 Å². The third kappa shape index (κ3) is 3.44. The second-order valence-electron chi connectivity index (χ2n) is 4.25. The van der Waals surface area contributed by atoms with Crippen LogP contribution in [0.2, 0.25) is 5.02 Å². The van der Waals surface area contributed by atoms with Crippen molar-refractivity contribution in [3.8, 4) is 0 Å². The molecule has 0 aliphatic carbocycles. The van der Waals surface area contributed by atoms with Crippen LogP contribution >= 0.6 is 11.6 Å². The zero-order valence-electron chi connectivity index (χ0n) is 9.52. The monoisotopic (exact) mass is 273 g/mol. The lowest BCUT2D eigenvalue weighted by Gasteiger charge is -2.21. The third-order valence-electron chi connectivity index (χ3n) is 2.95. The average molecular weight is 274 g/mol. The lowest BCUT2D eigenvalue weighted by molar-refractivity contribution is 0.0725. The lowest BCUT2D eigenvalue weighted by Crippen LogP contribution is -2.21. The van der Waals surface area contributed by atoms with Crippen molar-refractivity contribution in [3.63, 3.8) is 0 Å². The highest BCUT2D eigenvalue weighted by Gasteiger charge is 2.18. The predicted octanol–water partition coefficient (Wildman–Crippen LogP) is 2.46. The molecule has 1 aromatic rings. The Morgan fingerprint density at radius 1 is 1.41 bits per heavy atom. The molecule has 1 saturated heterocycles. The maximum absolute atomic E-state index is 12.2. The topological polar surface area (TPSA) is 52.3 Å². The molecule has 94 valence electrons. The molecular weight excluding hydrogens is 258 g/mol. The molecule has 0 aromatic heterocycles. The van der Waals surface area contributed by atoms with E-state index in [-0.39, 0.29) is 0 Å². The second-order valence-corrected chi connectivity index (χ2v) is 6.15. The molecular formula is C12H16ClNO2S. The summed E-state index contributed by atoms with van der Waals surface area (Å²) in [5.74, 6) is 1.13. The molecule has 2 N–H and O–H groups in total. The number of anilines is 1. The summed E-state index contributed by atoms with van der Waals surface area (Å²) in [5, 5.41) is 0.578. The Bertz CT molecular complexity index is 419. The minimum Gasteiger partial charge on any atom is -0.398 e. The Labute approximate surface area is 109 Å². The number of rotatable bonds is 3. The number of ether oxygens (including phenoxy) is 1. The van der Waals surface area contributed by atoms with Crippen LogP contribution in [0.15, 0.2) is 23.1 Å². The first-order chi connectivity index (χ1) is 8.16. The summed E-state index contributed by atoms with van der Waals surface area (Å²) in [6, 6.07) is 5.14. The average Bonchev–Trinajstić information content (AvgIpc) is 2.30. The van der Waals surface area contributed by atoms with Crippen molar-refractivity contribution in [3.05, 3.63) is 23.2 Å². The van der Waals surface area contributed by atoms with Crippen LogP contribution in [0.4, 0.5) is 5.69 Å². The zero-order chi connectivity index (χ0) is 12.3. The van der Waals surface area contributed by atoms with Crippen molar-refractivity contribution in [1.82, 2.24) is 0 Å². The van der Waals surface area contributed by atoms with E-state index in [1.54, 1.807) is 18.2 Å². The van der Waals surface area contributed by atoms with Crippen molar-refractivity contribution in [2.75, 3.05) is 24.7 Å². The standard InChI is InChI=1S/C12H16ClNO2S/c13-10-1-2-12(11(14)7-10)17(15)8-9-3-5-16-6-4-9/h1-2,7,9H,3-6,8,14H2. The summed E-state index contributed by atoms with van der Waals surface area (Å²) in [5.41, 5.74) is 6.34. The van der Waals surface area contributed by atoms with Gasteiger partial charge in [0, 0.05) is 29.7 Å². The minimum atomic E-state index is -1.04. The Balaban J connectivity index is 2.03. The van der Waals surface area contributed by atoms with Gasteiger partial charge in [-0.2, -0.15) is 0 Å². The van der Waals surface area contributed by atoms with Gasteiger partial charge in [-0.1, -0.05) is 11.6 Å². The highest BCUT2D eigenvalue weighted by molar-refractivity contribution is 7.85. The van der Waals surface area contributed by atoms with Gasteiger partial charge in [0.25, 0.3) is 0 Å². The molecule has 1 unspecified atom stereocenters. The van der Waals surface area contributed by atoms with Crippen LogP contribution in [-0.2, 0) is 15.5 Å². The first-order valence-electron chi connectivity index (χ1n) is 5.68. The van der Waals surface area contributed by atoms with Crippen LogP contribution in [0.25, 0.3) is 0 Å². The smallest absolute Gasteiger partial charge is 0.0618 e. The highest BCUT2D eigenvalue weighted by atomic mass is 35.5. The molecule has 0 amide bonds. The molecule has 0 radical (unpaired) electrons. The molecule has 2 rings (SSSR count). The number of halogens is 1. The molecule has 17 heavy (non-hydrogen) atoms. The maximum Gasteiger partial charge on any atom is 0.0618 e. The van der Waals surface area contributed by atoms with Gasteiger partial charge in [0.2, 0.25) is 0 Å². The van der Waals surface area contributed by atoms with Crippen LogP contribution in [0.3, 0.4) is 0 Å². The molecule has 3 nitrogen and oxygen atoms in total. The summed E-state index contributed by atoms with van der Waals surface area (Å²) in [6.07, 6.45) is 1.97. The van der Waals surface area contributed by atoms with E-state index in [1.807, 2.05) is 0 Å². The van der Waals surface area contributed by atoms with E-state index in [4.69, 9.17) is 22.1 Å². The Hall–Kier alpha value is -0.580. The number of benzene rings is 1. The van der Waals surface area contributed by atoms with Crippen LogP contribution in [0.5, 0.6) is 0 Å². The van der Waals surface area contributed by atoms with Crippen LogP contribution < -0.4 is 5.73 Å². The van der Waals surface area contributed by atoms with Crippen molar-refractivity contribution in [1.29, 1.82) is 0 Å². The second kappa shape index (κ2) is 5.85. The Kier molecular flexibility index (Phi) is 4.42. The summed E-state index contributed by atoms with van der Waals surface area (Å²) in [7, 11) is -1.04. The number of hydrogen-bond donors (Lipinski definition) is 1. The van der Waals surface area contributed by atoms with E-state index >= 15 is 0 Å². The molecule has 1 aliphatic heterocycles. The number of nitrogens with two attached hydrogens (primary N) is 1. The van der Waals surface area contributed by atoms with E-state index in [1.165, 1.54) is 0 Å². The Morgan fingerprint density at radius 2 is 2.12 bits per heavy atom. The third-order valence-corrected chi connectivity index (χ3v) is 4.82. The fourth-order valence-corrected chi connectivity index (χ4v) is 3.61. The van der Waals surface area contributed by atoms with Crippen LogP contribution in [0, 0.1) is 5.92 Å². The number of hydrogen-bond acceptors (Lipinski definition) is 3. The molecule has 1 atom stereocenters. The van der Waals surface area contributed by atoms with Gasteiger partial charge in [-0.05, 0) is 37.0 Å². The fourth-order valence-electron chi connectivity index (χ4n) is 1.94. The van der Waals surface area contributed by atoms with Gasteiger partial charge in [0.05, 0.1) is 15.7 Å². The van der Waals surface area contributed by atoms with Gasteiger partial charge >= 0.3 is 0 Å². The normalized spacial score (nSPS) is 19.1. The van der Waals surface area contributed by atoms with Crippen LogP contribution in [-0.4, -0.2) is 23.2 Å². The van der Waals surface area contributed by atoms with Crippen molar-refractivity contribution < 1.29 is 8.95 Å². The SMILES string of the molecule is Nc1cc(Cl)ccc1S(=O)CC1CCOCC1. The molecule has 1 fully saturated rings. The quantitative estimate of drug-likeness (QED) is 0.861. The van der Waals surface area contributed by atoms with Gasteiger partial charge in [-0.25, -0.2) is 0 Å². The largest absolute Gasteiger partial charge is 0.398 e. The maximum atomic E-state index is 12.2. The summed E-state index contributed by atoms with van der Waals surface area (Å²) < 4.78 is 17.5. The zero-order valence-corrected chi connectivity index (χ0v) is 11.1. The molecule has 5 heteroatoms. The van der Waals surface area contributed by atoms with E-state index in [9.17, 15) is 4.21 Å². The van der Waals surface area contributed by atoms with E-state index in [0.717, 1.165) is 26.1 Å². The van der Waals surface area contributed by atoms with E-state index < -0.39 is 10.8 Å². The van der Waals surface area contributed by atoms with Gasteiger partial charge in [0.15, 0.2) is 0 Å². The van der Waals surface area contributed by atoms with Gasteiger partial charge in [-0.15, -0.1) is 0 Å². The summed E-state index contributed by atoms with van der Waals surface area (Å²) in [6.45, 7) is 1.55. The van der Waals surface area contributed by atoms with Gasteiger partial charge < -0.3 is 10.5 Å². The predicted molar refractivity (Wildman–Crippen MR) is 70.7 cm³/mol. The molecule has 0 bridgehead atoms. The van der Waals surface area contributed by atoms with Crippen molar-refractivity contribution in [2.24, 2.45) is 5.92 Å². The molecule has 1 heterocycles. The molecule has 0 spiro atoms. The molecule has 1 aliphatic rings. The first kappa shape index (κ1) is 12.9. The molecule has 1 aromatic carbocycles. The molecule has 0 saturated carbocycles.